The van der Waals surface area contributed by atoms with Gasteiger partial charge in [-0.2, -0.15) is 8.42 Å². The van der Waals surface area contributed by atoms with E-state index in [4.69, 9.17) is 4.18 Å². The molecule has 0 aliphatic heterocycles. The molecule has 21 heavy (non-hydrogen) atoms. The predicted octanol–water partition coefficient (Wildman–Crippen LogP) is 3.27. The van der Waals surface area contributed by atoms with Crippen molar-refractivity contribution in [3.05, 3.63) is 68.7 Å². The zero-order valence-electron chi connectivity index (χ0n) is 10.6. The van der Waals surface area contributed by atoms with Gasteiger partial charge in [0.15, 0.2) is 0 Å². The molecule has 0 saturated heterocycles. The van der Waals surface area contributed by atoms with Crippen LogP contribution in [0.1, 0.15) is 5.56 Å². The van der Waals surface area contributed by atoms with Gasteiger partial charge in [-0.1, -0.05) is 34.1 Å². The lowest BCUT2D eigenvalue weighted by Gasteiger charge is -2.07. The molecule has 0 aliphatic rings. The Kier molecular flexibility index (Phi) is 4.59. The zero-order chi connectivity index (χ0) is 15.5. The summed E-state index contributed by atoms with van der Waals surface area (Å²) >= 11 is 3.11. The first-order valence-corrected chi connectivity index (χ1v) is 8.14. The Bertz CT molecular complexity index is 761. The maximum absolute atomic E-state index is 12.0. The van der Waals surface area contributed by atoms with Crippen LogP contribution in [0.3, 0.4) is 0 Å². The molecule has 0 aliphatic carbocycles. The number of para-hydroxylation sites is 1. The summed E-state index contributed by atoms with van der Waals surface area (Å²) in [6.07, 6.45) is 0. The third-order valence-corrected chi connectivity index (χ3v) is 4.15. The molecule has 110 valence electrons. The minimum Gasteiger partial charge on any atom is -0.382 e. The Labute approximate surface area is 129 Å². The monoisotopic (exact) mass is 371 g/mol. The van der Waals surface area contributed by atoms with Gasteiger partial charge < -0.3 is 4.18 Å². The number of nitro benzene ring substituents is 1. The maximum Gasteiger partial charge on any atom is 0.313 e. The number of nitrogens with zero attached hydrogens (tertiary/aromatic N) is 1. The first-order chi connectivity index (χ1) is 9.87. The van der Waals surface area contributed by atoms with E-state index < -0.39 is 20.8 Å². The third-order valence-electron chi connectivity index (χ3n) is 2.54. The van der Waals surface area contributed by atoms with Crippen LogP contribution in [0.25, 0.3) is 0 Å². The van der Waals surface area contributed by atoms with Crippen molar-refractivity contribution >= 4 is 31.7 Å². The van der Waals surface area contributed by atoms with Crippen molar-refractivity contribution in [3.8, 4) is 5.75 Å². The van der Waals surface area contributed by atoms with E-state index >= 15 is 0 Å². The normalized spacial score (nSPS) is 11.1. The highest BCUT2D eigenvalue weighted by Gasteiger charge is 2.22. The van der Waals surface area contributed by atoms with Gasteiger partial charge >= 0.3 is 10.1 Å². The second-order valence-electron chi connectivity index (χ2n) is 4.13. The molecule has 2 aromatic carbocycles. The topological polar surface area (TPSA) is 86.5 Å². The molecule has 0 unspecified atom stereocenters. The summed E-state index contributed by atoms with van der Waals surface area (Å²) < 4.78 is 29.4. The smallest absolute Gasteiger partial charge is 0.313 e. The summed E-state index contributed by atoms with van der Waals surface area (Å²) in [5.74, 6) is -0.414. The molecule has 0 bridgehead atoms. The Hall–Kier alpha value is -1.93. The number of hydrogen-bond acceptors (Lipinski definition) is 5. The van der Waals surface area contributed by atoms with Crippen molar-refractivity contribution < 1.29 is 17.5 Å². The van der Waals surface area contributed by atoms with Gasteiger partial charge in [0.2, 0.25) is 0 Å². The van der Waals surface area contributed by atoms with E-state index in [9.17, 15) is 18.5 Å². The molecule has 0 atom stereocenters. The van der Waals surface area contributed by atoms with Gasteiger partial charge in [-0.15, -0.1) is 0 Å². The minimum atomic E-state index is -3.98. The fraction of sp³-hybridized carbons (Fsp3) is 0.0769. The average molecular weight is 372 g/mol. The standard InChI is InChI=1S/C13H10BrNO5S/c14-11-7-6-10(13(8-11)15(16)17)9-21(18,19)20-12-4-2-1-3-5-12/h1-8H,9H2. The summed E-state index contributed by atoms with van der Waals surface area (Å²) in [7, 11) is -3.98. The summed E-state index contributed by atoms with van der Waals surface area (Å²) in [4.78, 5) is 10.3. The van der Waals surface area contributed by atoms with Crippen LogP contribution in [0.2, 0.25) is 0 Å². The fourth-order valence-corrected chi connectivity index (χ4v) is 3.11. The van der Waals surface area contributed by atoms with Crippen LogP contribution < -0.4 is 4.18 Å². The molecule has 0 heterocycles. The van der Waals surface area contributed by atoms with Crippen LogP contribution in [-0.2, 0) is 15.9 Å². The van der Waals surface area contributed by atoms with Crippen LogP contribution in [0.5, 0.6) is 5.75 Å². The highest BCUT2D eigenvalue weighted by molar-refractivity contribution is 9.10. The van der Waals surface area contributed by atoms with Crippen LogP contribution >= 0.6 is 15.9 Å². The van der Waals surface area contributed by atoms with Gasteiger partial charge in [-0.05, 0) is 24.3 Å². The van der Waals surface area contributed by atoms with Gasteiger partial charge in [0.05, 0.1) is 4.92 Å². The van der Waals surface area contributed by atoms with Crippen LogP contribution in [-0.4, -0.2) is 13.3 Å². The number of nitro groups is 1. The van der Waals surface area contributed by atoms with Crippen molar-refractivity contribution in [2.75, 3.05) is 0 Å². The molecule has 0 radical (unpaired) electrons. The molecule has 0 amide bonds. The van der Waals surface area contributed by atoms with E-state index in [-0.39, 0.29) is 17.0 Å². The molecule has 2 aromatic rings. The lowest BCUT2D eigenvalue weighted by Crippen LogP contribution is -2.13. The van der Waals surface area contributed by atoms with Crippen molar-refractivity contribution in [3.63, 3.8) is 0 Å². The SMILES string of the molecule is O=[N+]([O-])c1cc(Br)ccc1CS(=O)(=O)Oc1ccccc1. The van der Waals surface area contributed by atoms with E-state index in [0.717, 1.165) is 0 Å². The van der Waals surface area contributed by atoms with E-state index in [2.05, 4.69) is 15.9 Å². The number of hydrogen-bond donors (Lipinski definition) is 0. The summed E-state index contributed by atoms with van der Waals surface area (Å²) in [5, 5.41) is 11.0. The zero-order valence-corrected chi connectivity index (χ0v) is 13.0. The second-order valence-corrected chi connectivity index (χ2v) is 6.61. The molecule has 8 heteroatoms. The average Bonchev–Trinajstić information content (AvgIpc) is 2.41. The first-order valence-electron chi connectivity index (χ1n) is 5.77. The van der Waals surface area contributed by atoms with Crippen LogP contribution in [0, 0.1) is 10.1 Å². The highest BCUT2D eigenvalue weighted by Crippen LogP contribution is 2.26. The van der Waals surface area contributed by atoms with Gasteiger partial charge in [0.1, 0.15) is 11.5 Å². The summed E-state index contributed by atoms with van der Waals surface area (Å²) in [6.45, 7) is 0. The summed E-state index contributed by atoms with van der Waals surface area (Å²) in [5.41, 5.74) is -0.205. The number of halogens is 1. The van der Waals surface area contributed by atoms with Crippen molar-refractivity contribution in [2.24, 2.45) is 0 Å². The largest absolute Gasteiger partial charge is 0.382 e. The molecule has 0 aromatic heterocycles. The van der Waals surface area contributed by atoms with Gasteiger partial charge in [-0.25, -0.2) is 0 Å². The number of rotatable bonds is 5. The Morgan fingerprint density at radius 3 is 2.43 bits per heavy atom. The molecule has 2 rings (SSSR count). The Balaban J connectivity index is 2.27. The number of benzene rings is 2. The van der Waals surface area contributed by atoms with Gasteiger partial charge in [0.25, 0.3) is 5.69 Å². The predicted molar refractivity (Wildman–Crippen MR) is 80.5 cm³/mol. The Morgan fingerprint density at radius 1 is 1.14 bits per heavy atom. The molecular formula is C13H10BrNO5S. The molecule has 0 saturated carbocycles. The first kappa shape index (κ1) is 15.5. The maximum atomic E-state index is 12.0. The minimum absolute atomic E-state index is 0.0686. The molecule has 0 fully saturated rings. The lowest BCUT2D eigenvalue weighted by atomic mass is 10.2. The van der Waals surface area contributed by atoms with Gasteiger partial charge in [-0.3, -0.25) is 10.1 Å². The molecule has 6 nitrogen and oxygen atoms in total. The quantitative estimate of drug-likeness (QED) is 0.457. The van der Waals surface area contributed by atoms with Crippen LogP contribution in [0.15, 0.2) is 53.0 Å². The van der Waals surface area contributed by atoms with E-state index in [0.29, 0.717) is 4.47 Å². The highest BCUT2D eigenvalue weighted by atomic mass is 79.9. The van der Waals surface area contributed by atoms with E-state index in [1.165, 1.54) is 24.3 Å². The molecular weight excluding hydrogens is 362 g/mol. The fourth-order valence-electron chi connectivity index (χ4n) is 1.67. The second kappa shape index (κ2) is 6.23. The molecule has 0 N–H and O–H groups in total. The molecule has 0 spiro atoms. The van der Waals surface area contributed by atoms with Crippen molar-refractivity contribution in [1.29, 1.82) is 0 Å². The van der Waals surface area contributed by atoms with E-state index in [1.807, 2.05) is 0 Å². The Morgan fingerprint density at radius 2 is 1.81 bits per heavy atom. The van der Waals surface area contributed by atoms with Crippen molar-refractivity contribution in [2.45, 2.75) is 5.75 Å². The van der Waals surface area contributed by atoms with E-state index in [1.54, 1.807) is 24.3 Å². The lowest BCUT2D eigenvalue weighted by molar-refractivity contribution is -0.385. The third kappa shape index (κ3) is 4.27. The van der Waals surface area contributed by atoms with Gasteiger partial charge in [0, 0.05) is 16.1 Å². The van der Waals surface area contributed by atoms with Crippen molar-refractivity contribution in [1.82, 2.24) is 0 Å². The summed E-state index contributed by atoms with van der Waals surface area (Å²) in [6, 6.07) is 12.2. The van der Waals surface area contributed by atoms with Crippen LogP contribution in [0.4, 0.5) is 5.69 Å².